The van der Waals surface area contributed by atoms with E-state index in [0.29, 0.717) is 36.4 Å². The number of aliphatic hydroxyl groups is 1. The molecule has 1 saturated heterocycles. The second-order valence-electron chi connectivity index (χ2n) is 16.3. The van der Waals surface area contributed by atoms with Crippen LogP contribution in [0.1, 0.15) is 131 Å². The van der Waals surface area contributed by atoms with Gasteiger partial charge in [0.05, 0.1) is 28.5 Å². The molecule has 1 fully saturated rings. The summed E-state index contributed by atoms with van der Waals surface area (Å²) in [7, 11) is 0. The molecule has 60 heavy (non-hydrogen) atoms. The van der Waals surface area contributed by atoms with Crippen molar-refractivity contribution in [3.63, 3.8) is 0 Å². The van der Waals surface area contributed by atoms with E-state index in [4.69, 9.17) is 19.7 Å². The monoisotopic (exact) mass is 810 g/mol. The van der Waals surface area contributed by atoms with Crippen molar-refractivity contribution in [2.24, 2.45) is 26.8 Å². The van der Waals surface area contributed by atoms with Gasteiger partial charge in [-0.1, -0.05) is 82.2 Å². The first kappa shape index (κ1) is 44.0. The van der Waals surface area contributed by atoms with Gasteiger partial charge in [-0.15, -0.1) is 0 Å². The van der Waals surface area contributed by atoms with Crippen molar-refractivity contribution in [1.82, 2.24) is 5.32 Å². The maximum atomic E-state index is 13.4. The molecule has 0 amide bonds. The summed E-state index contributed by atoms with van der Waals surface area (Å²) in [6.45, 7) is 12.4. The Hall–Kier alpha value is -5.57. The Balaban J connectivity index is 1.18. The molecule has 9 heteroatoms. The molecule has 3 N–H and O–H groups in total. The zero-order chi connectivity index (χ0) is 42.8. The zero-order valence-corrected chi connectivity index (χ0v) is 36.4. The van der Waals surface area contributed by atoms with E-state index >= 15 is 0 Å². The second-order valence-corrected chi connectivity index (χ2v) is 16.3. The number of hydrogen-bond acceptors (Lipinski definition) is 8. The van der Waals surface area contributed by atoms with Crippen LogP contribution in [0.2, 0.25) is 0 Å². The normalized spacial score (nSPS) is 21.4. The Morgan fingerprint density at radius 3 is 2.12 bits per heavy atom. The lowest BCUT2D eigenvalue weighted by molar-refractivity contribution is -0.139. The third kappa shape index (κ3) is 10.2. The number of carbonyl (C=O) groups excluding carboxylic acids is 1. The predicted molar refractivity (Wildman–Crippen MR) is 243 cm³/mol. The van der Waals surface area contributed by atoms with Crippen molar-refractivity contribution in [3.05, 3.63) is 140 Å². The number of carboxylic acid groups (broad SMARTS) is 1. The van der Waals surface area contributed by atoms with Crippen LogP contribution in [0.5, 0.6) is 0 Å². The van der Waals surface area contributed by atoms with E-state index in [-0.39, 0.29) is 36.4 Å². The molecule has 0 unspecified atom stereocenters. The predicted octanol–water partition coefficient (Wildman–Crippen LogP) is 12.2. The first-order valence-corrected chi connectivity index (χ1v) is 22.0. The van der Waals surface area contributed by atoms with Crippen molar-refractivity contribution < 1.29 is 24.5 Å². The molecule has 5 heterocycles. The minimum Gasteiger partial charge on any atom is -0.511 e. The number of nitrogens with one attached hydrogen (secondary N) is 1. The van der Waals surface area contributed by atoms with Crippen LogP contribution < -0.4 is 5.32 Å². The smallest absolute Gasteiger partial charge is 0.311 e. The van der Waals surface area contributed by atoms with Crippen LogP contribution in [-0.2, 0) is 14.3 Å². The lowest BCUT2D eigenvalue weighted by atomic mass is 9.86. The van der Waals surface area contributed by atoms with Crippen molar-refractivity contribution in [3.8, 4) is 0 Å². The molecule has 0 aromatic rings. The molecule has 1 aliphatic carbocycles. The third-order valence-corrected chi connectivity index (χ3v) is 12.1. The van der Waals surface area contributed by atoms with E-state index in [2.05, 4.69) is 81.6 Å². The van der Waals surface area contributed by atoms with Gasteiger partial charge in [0, 0.05) is 59.2 Å². The van der Waals surface area contributed by atoms with Crippen molar-refractivity contribution in [1.29, 1.82) is 0 Å². The largest absolute Gasteiger partial charge is 0.511 e. The molecule has 6 aliphatic rings. The SMILES string of the molecule is CCCCC/C=C/C/C=C/C/C=C/C/C=C/CCCC(=O)OC1=C(C)C2=NC1=CC1=NC(=CC3=C(C)C4=C(O)CC(=C5NC(=C2)[C@@H](C)[C@@H]5CCC(=O)O)C4=N3)C(CC)=C1C. The first-order chi connectivity index (χ1) is 29.0. The summed E-state index contributed by atoms with van der Waals surface area (Å²) < 4.78 is 6.15. The van der Waals surface area contributed by atoms with Crippen molar-refractivity contribution in [2.75, 3.05) is 0 Å². The van der Waals surface area contributed by atoms with E-state index in [1.54, 1.807) is 0 Å². The fraction of sp³-hybridized carbons (Fsp3) is 0.431. The topological polar surface area (TPSA) is 133 Å². The van der Waals surface area contributed by atoms with Crippen LogP contribution in [0.3, 0.4) is 0 Å². The minimum absolute atomic E-state index is 0.00892. The zero-order valence-electron chi connectivity index (χ0n) is 36.4. The Labute approximate surface area is 356 Å². The number of carboxylic acids is 1. The molecule has 8 bridgehead atoms. The van der Waals surface area contributed by atoms with Crippen LogP contribution in [0.4, 0.5) is 0 Å². The number of aliphatic hydroxyl groups excluding tert-OH is 1. The standard InChI is InChI=1S/C51H62N4O5/c1-7-9-10-11-12-13-14-15-16-17-18-19-20-21-22-23-24-25-47(59)60-51-35(6)42-29-40-33(4)37(26-27-46(57)58)49(54-40)38-28-45(56)48-34(5)41(55-50(38)48)30-43-36(8-2)32(3)39(52-43)31-44(51)53-42/h12-13,15-16,18-19,21-22,29-31,33,37,54,56H,7-11,14,17,20,23-28H2,1-6H3,(H,57,58)/b13-12+,16-15+,19-18+,22-21+,40-29?,43-30?,44-31?,49-38?/t33-,37-/m0/s1. The Bertz CT molecular complexity index is 2240. The van der Waals surface area contributed by atoms with Crippen LogP contribution in [0.15, 0.2) is 155 Å². The highest BCUT2D eigenvalue weighted by Gasteiger charge is 2.41. The molecule has 9 nitrogen and oxygen atoms in total. The summed E-state index contributed by atoms with van der Waals surface area (Å²) in [6, 6.07) is 0. The highest BCUT2D eigenvalue weighted by molar-refractivity contribution is 6.21. The van der Waals surface area contributed by atoms with Gasteiger partial charge < -0.3 is 20.3 Å². The first-order valence-electron chi connectivity index (χ1n) is 22.0. The molecule has 0 aromatic heterocycles. The molecule has 0 spiro atoms. The van der Waals surface area contributed by atoms with Gasteiger partial charge in [-0.3, -0.25) is 9.59 Å². The number of aliphatic imine (C=N–C) groups is 3. The van der Waals surface area contributed by atoms with Gasteiger partial charge in [0.2, 0.25) is 0 Å². The molecular formula is C51H62N4O5. The summed E-state index contributed by atoms with van der Waals surface area (Å²) in [5.74, 6) is -0.697. The Morgan fingerprint density at radius 2 is 1.45 bits per heavy atom. The summed E-state index contributed by atoms with van der Waals surface area (Å²) in [6.07, 6.45) is 34.5. The average molecular weight is 811 g/mol. The minimum atomic E-state index is -0.856. The number of esters is 1. The Morgan fingerprint density at radius 1 is 0.800 bits per heavy atom. The van der Waals surface area contributed by atoms with E-state index in [1.165, 1.54) is 25.7 Å². The van der Waals surface area contributed by atoms with Gasteiger partial charge in [0.1, 0.15) is 11.5 Å². The number of nitrogens with zero attached hydrogens (tertiary/aromatic N) is 3. The van der Waals surface area contributed by atoms with Crippen molar-refractivity contribution in [2.45, 2.75) is 131 Å². The molecule has 0 aromatic carbocycles. The summed E-state index contributed by atoms with van der Waals surface area (Å²) in [5.41, 5.74) is 11.3. The van der Waals surface area contributed by atoms with Gasteiger partial charge >= 0.3 is 11.9 Å². The van der Waals surface area contributed by atoms with Gasteiger partial charge in [0.15, 0.2) is 5.76 Å². The van der Waals surface area contributed by atoms with E-state index in [9.17, 15) is 19.8 Å². The summed E-state index contributed by atoms with van der Waals surface area (Å²) >= 11 is 0. The van der Waals surface area contributed by atoms with Gasteiger partial charge in [-0.2, -0.15) is 0 Å². The lowest BCUT2D eigenvalue weighted by Gasteiger charge is -2.17. The third-order valence-electron chi connectivity index (χ3n) is 12.1. The average Bonchev–Trinajstić information content (AvgIpc) is 3.97. The number of rotatable bonds is 19. The highest BCUT2D eigenvalue weighted by atomic mass is 16.5. The molecule has 316 valence electrons. The van der Waals surface area contributed by atoms with E-state index in [0.717, 1.165) is 99.8 Å². The number of unbranched alkanes of at least 4 members (excludes halogenated alkanes) is 4. The number of ether oxygens (including phenoxy) is 1. The number of fused-ring (bicyclic) bond motifs is 5. The van der Waals surface area contributed by atoms with Gasteiger partial charge in [-0.05, 0) is 114 Å². The maximum Gasteiger partial charge on any atom is 0.311 e. The highest BCUT2D eigenvalue weighted by Crippen LogP contribution is 2.46. The van der Waals surface area contributed by atoms with Crippen LogP contribution in [0.25, 0.3) is 0 Å². The number of aliphatic carboxylic acids is 1. The molecule has 2 atom stereocenters. The van der Waals surface area contributed by atoms with Crippen LogP contribution in [0, 0.1) is 11.8 Å². The summed E-state index contributed by atoms with van der Waals surface area (Å²) in [4.78, 5) is 40.4. The van der Waals surface area contributed by atoms with E-state index in [1.807, 2.05) is 32.1 Å². The molecule has 0 saturated carbocycles. The molecular weight excluding hydrogens is 749 g/mol. The molecule has 6 rings (SSSR count). The number of carbonyl (C=O) groups is 2. The maximum absolute atomic E-state index is 13.4. The van der Waals surface area contributed by atoms with Gasteiger partial charge in [-0.25, -0.2) is 15.0 Å². The second kappa shape index (κ2) is 20.6. The summed E-state index contributed by atoms with van der Waals surface area (Å²) in [5, 5.41) is 24.6. The quantitative estimate of drug-likeness (QED) is 0.0676. The number of allylic oxidation sites excluding steroid dienone is 19. The van der Waals surface area contributed by atoms with Crippen LogP contribution >= 0.6 is 0 Å². The van der Waals surface area contributed by atoms with E-state index < -0.39 is 5.97 Å². The number of hydrogen-bond donors (Lipinski definition) is 3. The fourth-order valence-corrected chi connectivity index (χ4v) is 8.58. The molecule has 0 radical (unpaired) electrons. The lowest BCUT2D eigenvalue weighted by Crippen LogP contribution is -2.15. The van der Waals surface area contributed by atoms with Gasteiger partial charge in [0.25, 0.3) is 0 Å². The Kier molecular flexibility index (Phi) is 15.1. The van der Waals surface area contributed by atoms with Crippen LogP contribution in [-0.4, -0.2) is 39.3 Å². The fourth-order valence-electron chi connectivity index (χ4n) is 8.58. The van der Waals surface area contributed by atoms with Crippen molar-refractivity contribution >= 4 is 29.1 Å². The molecule has 5 aliphatic heterocycles.